The molecule has 0 aromatic heterocycles. The van der Waals surface area contributed by atoms with Gasteiger partial charge in [0.25, 0.3) is 0 Å². The zero-order valence-electron chi connectivity index (χ0n) is 11.6. The number of benzene rings is 1. The Kier molecular flexibility index (Phi) is 6.14. The molecule has 110 valence electrons. The Labute approximate surface area is 117 Å². The fraction of sp³-hybridized carbons (Fsp3) is 0.429. The smallest absolute Gasteiger partial charge is 0.331 e. The Balaban J connectivity index is 2.41. The van der Waals surface area contributed by atoms with Crippen LogP contribution in [0.5, 0.6) is 0 Å². The number of carboxylic acid groups (broad SMARTS) is 1. The third-order valence-electron chi connectivity index (χ3n) is 2.67. The lowest BCUT2D eigenvalue weighted by Crippen LogP contribution is -2.56. The van der Waals surface area contributed by atoms with E-state index < -0.39 is 17.4 Å². The van der Waals surface area contributed by atoms with Crippen molar-refractivity contribution >= 4 is 11.9 Å². The Morgan fingerprint density at radius 1 is 1.30 bits per heavy atom. The average molecular weight is 281 g/mol. The first-order chi connectivity index (χ1) is 9.48. The molecule has 0 heterocycles. The van der Waals surface area contributed by atoms with Crippen molar-refractivity contribution in [3.63, 3.8) is 0 Å². The van der Waals surface area contributed by atoms with Crippen molar-refractivity contribution < 1.29 is 24.2 Å². The topological polar surface area (TPSA) is 84.9 Å². The highest BCUT2D eigenvalue weighted by atomic mass is 16.5. The van der Waals surface area contributed by atoms with Crippen LogP contribution in [0.1, 0.15) is 12.5 Å². The van der Waals surface area contributed by atoms with E-state index in [9.17, 15) is 9.59 Å². The number of carbonyl (C=O) groups excluding carboxylic acids is 1. The van der Waals surface area contributed by atoms with Gasteiger partial charge in [-0.3, -0.25) is 4.79 Å². The van der Waals surface area contributed by atoms with Crippen LogP contribution in [0.15, 0.2) is 30.3 Å². The summed E-state index contributed by atoms with van der Waals surface area (Å²) in [6, 6.07) is 9.39. The number of methoxy groups -OCH3 is 1. The highest BCUT2D eigenvalue weighted by Crippen LogP contribution is 2.05. The van der Waals surface area contributed by atoms with E-state index >= 15 is 0 Å². The molecule has 2 N–H and O–H groups in total. The molecule has 0 bridgehead atoms. The Morgan fingerprint density at radius 3 is 2.50 bits per heavy atom. The van der Waals surface area contributed by atoms with Gasteiger partial charge in [-0.1, -0.05) is 30.3 Å². The third-order valence-corrected chi connectivity index (χ3v) is 2.67. The molecule has 0 aliphatic rings. The van der Waals surface area contributed by atoms with Gasteiger partial charge in [0.2, 0.25) is 5.91 Å². The summed E-state index contributed by atoms with van der Waals surface area (Å²) in [6.07, 6.45) is 0. The zero-order chi connectivity index (χ0) is 15.0. The maximum absolute atomic E-state index is 11.7. The molecule has 0 fully saturated rings. The van der Waals surface area contributed by atoms with Crippen molar-refractivity contribution in [1.82, 2.24) is 5.32 Å². The van der Waals surface area contributed by atoms with Gasteiger partial charge in [-0.05, 0) is 12.5 Å². The molecule has 1 unspecified atom stereocenters. The van der Waals surface area contributed by atoms with Gasteiger partial charge >= 0.3 is 5.97 Å². The van der Waals surface area contributed by atoms with E-state index in [1.807, 2.05) is 30.3 Å². The summed E-state index contributed by atoms with van der Waals surface area (Å²) in [7, 11) is 1.37. The van der Waals surface area contributed by atoms with Crippen molar-refractivity contribution in [2.45, 2.75) is 19.1 Å². The quantitative estimate of drug-likeness (QED) is 0.736. The Hall–Kier alpha value is -1.92. The molecule has 1 aromatic rings. The first-order valence-electron chi connectivity index (χ1n) is 6.13. The summed E-state index contributed by atoms with van der Waals surface area (Å²) in [5.74, 6) is -1.65. The second-order valence-corrected chi connectivity index (χ2v) is 4.60. The Bertz CT molecular complexity index is 448. The van der Waals surface area contributed by atoms with Crippen LogP contribution >= 0.6 is 0 Å². The summed E-state index contributed by atoms with van der Waals surface area (Å²) in [5, 5.41) is 11.5. The predicted molar refractivity (Wildman–Crippen MR) is 72.2 cm³/mol. The van der Waals surface area contributed by atoms with Gasteiger partial charge in [-0.2, -0.15) is 0 Å². The van der Waals surface area contributed by atoms with E-state index in [4.69, 9.17) is 14.6 Å². The second kappa shape index (κ2) is 7.62. The van der Waals surface area contributed by atoms with Gasteiger partial charge in [0, 0.05) is 7.11 Å². The molecular formula is C14H19NO5. The number of ether oxygens (including phenoxy) is 2. The monoisotopic (exact) mass is 281 g/mol. The molecular weight excluding hydrogens is 262 g/mol. The summed E-state index contributed by atoms with van der Waals surface area (Å²) < 4.78 is 10.0. The van der Waals surface area contributed by atoms with Crippen LogP contribution in [0.2, 0.25) is 0 Å². The molecule has 1 atom stereocenters. The van der Waals surface area contributed by atoms with Gasteiger partial charge in [0.15, 0.2) is 5.54 Å². The molecule has 6 nitrogen and oxygen atoms in total. The highest BCUT2D eigenvalue weighted by Gasteiger charge is 2.34. The number of carbonyl (C=O) groups is 2. The highest BCUT2D eigenvalue weighted by molar-refractivity contribution is 5.87. The minimum absolute atomic E-state index is 0.118. The predicted octanol–water partition coefficient (Wildman–Crippen LogP) is 0.809. The van der Waals surface area contributed by atoms with E-state index in [1.54, 1.807) is 0 Å². The first kappa shape index (κ1) is 16.1. The van der Waals surface area contributed by atoms with E-state index in [0.717, 1.165) is 5.56 Å². The minimum atomic E-state index is -1.46. The maximum atomic E-state index is 11.7. The zero-order valence-corrected chi connectivity index (χ0v) is 11.6. The number of rotatable bonds is 8. The number of hydrogen-bond acceptors (Lipinski definition) is 4. The van der Waals surface area contributed by atoms with Gasteiger partial charge in [-0.15, -0.1) is 0 Å². The number of carboxylic acids is 1. The molecule has 1 amide bonds. The summed E-state index contributed by atoms with van der Waals surface area (Å²) in [5.41, 5.74) is -0.514. The molecule has 6 heteroatoms. The van der Waals surface area contributed by atoms with Crippen molar-refractivity contribution in [3.8, 4) is 0 Å². The molecule has 0 saturated heterocycles. The van der Waals surface area contributed by atoms with Crippen molar-refractivity contribution in [3.05, 3.63) is 35.9 Å². The molecule has 0 radical (unpaired) electrons. The lowest BCUT2D eigenvalue weighted by atomic mass is 10.0. The molecule has 0 saturated carbocycles. The van der Waals surface area contributed by atoms with Gasteiger partial charge < -0.3 is 19.9 Å². The SMILES string of the molecule is COCC(C)(NC(=O)COCc1ccccc1)C(=O)O. The molecule has 0 aliphatic carbocycles. The van der Waals surface area contributed by atoms with Crippen LogP contribution in [-0.2, 0) is 25.7 Å². The fourth-order valence-electron chi connectivity index (χ4n) is 1.62. The van der Waals surface area contributed by atoms with E-state index in [1.165, 1.54) is 14.0 Å². The van der Waals surface area contributed by atoms with Crippen molar-refractivity contribution in [2.75, 3.05) is 20.3 Å². The van der Waals surface area contributed by atoms with Crippen LogP contribution in [0.3, 0.4) is 0 Å². The van der Waals surface area contributed by atoms with E-state index in [2.05, 4.69) is 5.32 Å². The van der Waals surface area contributed by atoms with Crippen LogP contribution in [0.25, 0.3) is 0 Å². The standard InChI is InChI=1S/C14H19NO5/c1-14(10-19-2,13(17)18)15-12(16)9-20-8-11-6-4-3-5-7-11/h3-7H,8-10H2,1-2H3,(H,15,16)(H,17,18). The van der Waals surface area contributed by atoms with Crippen LogP contribution in [-0.4, -0.2) is 42.8 Å². The van der Waals surface area contributed by atoms with E-state index in [0.29, 0.717) is 6.61 Å². The average Bonchev–Trinajstić information content (AvgIpc) is 2.40. The van der Waals surface area contributed by atoms with Gasteiger partial charge in [0.1, 0.15) is 6.61 Å². The number of hydrogen-bond donors (Lipinski definition) is 2. The van der Waals surface area contributed by atoms with Crippen LogP contribution in [0, 0.1) is 0 Å². The molecule has 20 heavy (non-hydrogen) atoms. The van der Waals surface area contributed by atoms with Crippen molar-refractivity contribution in [2.24, 2.45) is 0 Å². The Morgan fingerprint density at radius 2 is 1.95 bits per heavy atom. The normalized spacial score (nSPS) is 13.5. The lowest BCUT2D eigenvalue weighted by Gasteiger charge is -2.25. The molecule has 0 aliphatic heterocycles. The summed E-state index contributed by atoms with van der Waals surface area (Å²) in [6.45, 7) is 1.35. The van der Waals surface area contributed by atoms with E-state index in [-0.39, 0.29) is 13.2 Å². The second-order valence-electron chi connectivity index (χ2n) is 4.60. The van der Waals surface area contributed by atoms with Gasteiger partial charge in [-0.25, -0.2) is 4.79 Å². The number of aliphatic carboxylic acids is 1. The minimum Gasteiger partial charge on any atom is -0.479 e. The maximum Gasteiger partial charge on any atom is 0.331 e. The molecule has 1 aromatic carbocycles. The number of nitrogens with one attached hydrogen (secondary N) is 1. The largest absolute Gasteiger partial charge is 0.479 e. The van der Waals surface area contributed by atoms with Crippen LogP contribution < -0.4 is 5.32 Å². The summed E-state index contributed by atoms with van der Waals surface area (Å²) >= 11 is 0. The molecule has 0 spiro atoms. The molecule has 1 rings (SSSR count). The lowest BCUT2D eigenvalue weighted by molar-refractivity contribution is -0.150. The number of amides is 1. The van der Waals surface area contributed by atoms with Crippen LogP contribution in [0.4, 0.5) is 0 Å². The fourth-order valence-corrected chi connectivity index (χ4v) is 1.62. The van der Waals surface area contributed by atoms with Crippen molar-refractivity contribution in [1.29, 1.82) is 0 Å². The summed E-state index contributed by atoms with van der Waals surface area (Å²) in [4.78, 5) is 22.8. The van der Waals surface area contributed by atoms with Gasteiger partial charge in [0.05, 0.1) is 13.2 Å². The first-order valence-corrected chi connectivity index (χ1v) is 6.13. The third kappa shape index (κ3) is 4.99.